The fraction of sp³-hybridized carbons (Fsp3) is 1.00. The monoisotopic (exact) mass is 235 g/mol. The van der Waals surface area contributed by atoms with Gasteiger partial charge in [-0.05, 0) is 51.0 Å². The standard InChI is InChI=1S/C12H20F3N/c1-16-11(8-5-6-8)9-3-2-4-10(7-9)12(13,14)15/h8-11,16H,2-7H2,1H3. The lowest BCUT2D eigenvalue weighted by Gasteiger charge is -2.35. The molecule has 2 aliphatic carbocycles. The van der Waals surface area contributed by atoms with Crippen molar-refractivity contribution < 1.29 is 13.2 Å². The van der Waals surface area contributed by atoms with E-state index in [-0.39, 0.29) is 5.92 Å². The number of alkyl halides is 3. The maximum Gasteiger partial charge on any atom is 0.391 e. The summed E-state index contributed by atoms with van der Waals surface area (Å²) in [5.41, 5.74) is 0. The van der Waals surface area contributed by atoms with Crippen molar-refractivity contribution in [2.45, 2.75) is 50.7 Å². The first-order valence-corrected chi connectivity index (χ1v) is 6.26. The van der Waals surface area contributed by atoms with Crippen LogP contribution in [0.4, 0.5) is 13.2 Å². The van der Waals surface area contributed by atoms with Gasteiger partial charge in [0.15, 0.2) is 0 Å². The highest BCUT2D eigenvalue weighted by Gasteiger charge is 2.45. The van der Waals surface area contributed by atoms with Gasteiger partial charge in [-0.25, -0.2) is 0 Å². The van der Waals surface area contributed by atoms with Gasteiger partial charge in [-0.3, -0.25) is 0 Å². The van der Waals surface area contributed by atoms with E-state index in [1.165, 1.54) is 12.8 Å². The molecule has 0 aromatic carbocycles. The predicted molar refractivity (Wildman–Crippen MR) is 57.1 cm³/mol. The van der Waals surface area contributed by atoms with Gasteiger partial charge >= 0.3 is 6.18 Å². The van der Waals surface area contributed by atoms with Crippen LogP contribution in [0, 0.1) is 17.8 Å². The van der Waals surface area contributed by atoms with Gasteiger partial charge in [-0.1, -0.05) is 6.42 Å². The smallest absolute Gasteiger partial charge is 0.316 e. The topological polar surface area (TPSA) is 12.0 Å². The van der Waals surface area contributed by atoms with Crippen molar-refractivity contribution >= 4 is 0 Å². The van der Waals surface area contributed by atoms with Crippen molar-refractivity contribution in [2.24, 2.45) is 17.8 Å². The second kappa shape index (κ2) is 4.55. The number of hydrogen-bond acceptors (Lipinski definition) is 1. The summed E-state index contributed by atoms with van der Waals surface area (Å²) in [5, 5.41) is 3.24. The summed E-state index contributed by atoms with van der Waals surface area (Å²) in [6.45, 7) is 0. The Morgan fingerprint density at radius 2 is 1.75 bits per heavy atom. The Hall–Kier alpha value is -0.250. The molecule has 1 nitrogen and oxygen atoms in total. The first-order valence-electron chi connectivity index (χ1n) is 6.26. The van der Waals surface area contributed by atoms with Crippen LogP contribution in [-0.2, 0) is 0 Å². The molecule has 0 saturated heterocycles. The van der Waals surface area contributed by atoms with Crippen LogP contribution in [0.5, 0.6) is 0 Å². The normalized spacial score (nSPS) is 33.8. The Balaban J connectivity index is 1.95. The Labute approximate surface area is 94.8 Å². The molecule has 2 aliphatic rings. The van der Waals surface area contributed by atoms with E-state index in [2.05, 4.69) is 5.32 Å². The van der Waals surface area contributed by atoms with Crippen molar-refractivity contribution in [1.82, 2.24) is 5.32 Å². The summed E-state index contributed by atoms with van der Waals surface area (Å²) in [5.74, 6) is -0.180. The molecule has 94 valence electrons. The summed E-state index contributed by atoms with van der Waals surface area (Å²) in [7, 11) is 1.89. The molecule has 4 heteroatoms. The van der Waals surface area contributed by atoms with Gasteiger partial charge in [0.05, 0.1) is 5.92 Å². The minimum atomic E-state index is -3.99. The molecule has 2 fully saturated rings. The molecule has 3 unspecified atom stereocenters. The van der Waals surface area contributed by atoms with Crippen LogP contribution in [0.25, 0.3) is 0 Å². The van der Waals surface area contributed by atoms with E-state index in [0.717, 1.165) is 12.8 Å². The van der Waals surface area contributed by atoms with Gasteiger partial charge in [0.1, 0.15) is 0 Å². The lowest BCUT2D eigenvalue weighted by molar-refractivity contribution is -0.186. The second-order valence-corrected chi connectivity index (χ2v) is 5.32. The fourth-order valence-electron chi connectivity index (χ4n) is 3.16. The summed E-state index contributed by atoms with van der Waals surface area (Å²) < 4.78 is 38.0. The van der Waals surface area contributed by atoms with E-state index in [1.807, 2.05) is 7.05 Å². The summed E-state index contributed by atoms with van der Waals surface area (Å²) >= 11 is 0. The maximum absolute atomic E-state index is 12.7. The highest BCUT2D eigenvalue weighted by molar-refractivity contribution is 4.93. The van der Waals surface area contributed by atoms with Crippen LogP contribution in [0.3, 0.4) is 0 Å². The van der Waals surface area contributed by atoms with Crippen molar-refractivity contribution in [3.63, 3.8) is 0 Å². The van der Waals surface area contributed by atoms with E-state index in [0.29, 0.717) is 24.8 Å². The molecule has 0 aliphatic heterocycles. The molecule has 0 heterocycles. The quantitative estimate of drug-likeness (QED) is 0.791. The SMILES string of the molecule is CNC(C1CC1)C1CCCC(C(F)(F)F)C1. The molecule has 0 spiro atoms. The average molecular weight is 235 g/mol. The average Bonchev–Trinajstić information content (AvgIpc) is 3.02. The number of hydrogen-bond donors (Lipinski definition) is 1. The molecule has 2 rings (SSSR count). The van der Waals surface area contributed by atoms with E-state index in [4.69, 9.17) is 0 Å². The van der Waals surface area contributed by atoms with Gasteiger partial charge in [-0.15, -0.1) is 0 Å². The van der Waals surface area contributed by atoms with E-state index >= 15 is 0 Å². The molecule has 0 radical (unpaired) electrons. The minimum absolute atomic E-state index is 0.234. The molecule has 0 aromatic rings. The molecule has 0 aromatic heterocycles. The molecule has 0 bridgehead atoms. The Morgan fingerprint density at radius 1 is 1.06 bits per heavy atom. The number of halogens is 3. The zero-order chi connectivity index (χ0) is 11.8. The van der Waals surface area contributed by atoms with Gasteiger partial charge in [0, 0.05) is 6.04 Å². The van der Waals surface area contributed by atoms with Gasteiger partial charge in [-0.2, -0.15) is 13.2 Å². The van der Waals surface area contributed by atoms with Crippen molar-refractivity contribution in [3.05, 3.63) is 0 Å². The third kappa shape index (κ3) is 2.70. The molecular weight excluding hydrogens is 215 g/mol. The molecule has 16 heavy (non-hydrogen) atoms. The van der Waals surface area contributed by atoms with E-state index < -0.39 is 12.1 Å². The fourth-order valence-corrected chi connectivity index (χ4v) is 3.16. The molecule has 3 atom stereocenters. The zero-order valence-electron chi connectivity index (χ0n) is 9.69. The van der Waals surface area contributed by atoms with Crippen LogP contribution in [0.2, 0.25) is 0 Å². The number of rotatable bonds is 3. The van der Waals surface area contributed by atoms with Crippen LogP contribution in [0.15, 0.2) is 0 Å². The van der Waals surface area contributed by atoms with Crippen LogP contribution in [-0.4, -0.2) is 19.3 Å². The molecule has 0 amide bonds. The van der Waals surface area contributed by atoms with Gasteiger partial charge < -0.3 is 5.32 Å². The molecular formula is C12H20F3N. The molecule has 2 saturated carbocycles. The second-order valence-electron chi connectivity index (χ2n) is 5.32. The van der Waals surface area contributed by atoms with E-state index in [1.54, 1.807) is 0 Å². The van der Waals surface area contributed by atoms with Gasteiger partial charge in [0.2, 0.25) is 0 Å². The largest absolute Gasteiger partial charge is 0.391 e. The Bertz CT molecular complexity index is 235. The van der Waals surface area contributed by atoms with Crippen molar-refractivity contribution in [3.8, 4) is 0 Å². The van der Waals surface area contributed by atoms with Crippen molar-refractivity contribution in [2.75, 3.05) is 7.05 Å². The summed E-state index contributed by atoms with van der Waals surface area (Å²) in [6, 6.07) is 0.324. The highest BCUT2D eigenvalue weighted by atomic mass is 19.4. The highest BCUT2D eigenvalue weighted by Crippen LogP contribution is 2.45. The third-order valence-corrected chi connectivity index (χ3v) is 4.15. The molecule has 1 N–H and O–H groups in total. The summed E-state index contributed by atoms with van der Waals surface area (Å²) in [6.07, 6.45) is 0.777. The zero-order valence-corrected chi connectivity index (χ0v) is 9.69. The third-order valence-electron chi connectivity index (χ3n) is 4.15. The lowest BCUT2D eigenvalue weighted by atomic mass is 9.76. The van der Waals surface area contributed by atoms with Crippen LogP contribution in [0.1, 0.15) is 38.5 Å². The Kier molecular flexibility index (Phi) is 3.48. The maximum atomic E-state index is 12.7. The number of nitrogens with one attached hydrogen (secondary N) is 1. The minimum Gasteiger partial charge on any atom is -0.316 e. The van der Waals surface area contributed by atoms with Crippen molar-refractivity contribution in [1.29, 1.82) is 0 Å². The van der Waals surface area contributed by atoms with Crippen LogP contribution < -0.4 is 5.32 Å². The predicted octanol–water partition coefficient (Wildman–Crippen LogP) is 3.35. The van der Waals surface area contributed by atoms with E-state index in [9.17, 15) is 13.2 Å². The first kappa shape index (κ1) is 12.2. The van der Waals surface area contributed by atoms with Crippen LogP contribution >= 0.6 is 0 Å². The van der Waals surface area contributed by atoms with Gasteiger partial charge in [0.25, 0.3) is 0 Å². The lowest BCUT2D eigenvalue weighted by Crippen LogP contribution is -2.40. The Morgan fingerprint density at radius 3 is 2.25 bits per heavy atom. The summed E-state index contributed by atoms with van der Waals surface area (Å²) in [4.78, 5) is 0. The first-order chi connectivity index (χ1) is 7.52.